The normalized spacial score (nSPS) is 17.7. The van der Waals surface area contributed by atoms with Gasteiger partial charge in [-0.1, -0.05) is 6.07 Å². The van der Waals surface area contributed by atoms with Gasteiger partial charge >= 0.3 is 0 Å². The maximum Gasteiger partial charge on any atom is 0.216 e. The van der Waals surface area contributed by atoms with Crippen LogP contribution in [0.4, 0.5) is 0 Å². The predicted molar refractivity (Wildman–Crippen MR) is 90.7 cm³/mol. The van der Waals surface area contributed by atoms with Crippen LogP contribution in [0.2, 0.25) is 0 Å². The van der Waals surface area contributed by atoms with E-state index in [1.807, 2.05) is 33.2 Å². The summed E-state index contributed by atoms with van der Waals surface area (Å²) in [5, 5.41) is 0. The lowest BCUT2D eigenvalue weighted by molar-refractivity contribution is 0.0902. The zero-order chi connectivity index (χ0) is 16.9. The Morgan fingerprint density at radius 2 is 1.91 bits per heavy atom. The summed E-state index contributed by atoms with van der Waals surface area (Å²) in [5.41, 5.74) is 2.32. The predicted octanol–water partition coefficient (Wildman–Crippen LogP) is 1.26. The van der Waals surface area contributed by atoms with E-state index < -0.39 is 10.0 Å². The number of aromatic nitrogens is 1. The zero-order valence-corrected chi connectivity index (χ0v) is 15.1. The first-order valence-corrected chi connectivity index (χ1v) is 9.70. The quantitative estimate of drug-likeness (QED) is 0.747. The fourth-order valence-electron chi connectivity index (χ4n) is 2.65. The summed E-state index contributed by atoms with van der Waals surface area (Å²) >= 11 is 0. The average Bonchev–Trinajstić information content (AvgIpc) is 2.47. The van der Waals surface area contributed by atoms with E-state index in [0.29, 0.717) is 13.1 Å². The molecule has 2 heterocycles. The van der Waals surface area contributed by atoms with Gasteiger partial charge in [0.05, 0.1) is 18.5 Å². The molecule has 2 rings (SSSR count). The van der Waals surface area contributed by atoms with Crippen LogP contribution >= 0.6 is 0 Å². The van der Waals surface area contributed by atoms with Crippen LogP contribution in [0.3, 0.4) is 0 Å². The van der Waals surface area contributed by atoms with Crippen LogP contribution in [0.5, 0.6) is 0 Å². The van der Waals surface area contributed by atoms with Crippen molar-refractivity contribution in [1.29, 1.82) is 0 Å². The Morgan fingerprint density at radius 1 is 1.22 bits per heavy atom. The number of hydrogen-bond acceptors (Lipinski definition) is 5. The first kappa shape index (κ1) is 18.3. The fraction of sp³-hybridized carbons (Fsp3) is 0.688. The molecule has 1 aliphatic rings. The van der Waals surface area contributed by atoms with Gasteiger partial charge in [0.2, 0.25) is 10.0 Å². The lowest BCUT2D eigenvalue weighted by atomic mass is 10.2. The Balaban J connectivity index is 1.81. The molecule has 0 bridgehead atoms. The zero-order valence-electron chi connectivity index (χ0n) is 14.2. The molecule has 0 atom stereocenters. The van der Waals surface area contributed by atoms with Gasteiger partial charge in [0, 0.05) is 45.1 Å². The molecule has 7 heteroatoms. The first-order valence-electron chi connectivity index (χ1n) is 8.09. The van der Waals surface area contributed by atoms with Crippen LogP contribution in [-0.4, -0.2) is 67.2 Å². The van der Waals surface area contributed by atoms with E-state index in [9.17, 15) is 8.42 Å². The van der Waals surface area contributed by atoms with Gasteiger partial charge in [-0.3, -0.25) is 9.88 Å². The summed E-state index contributed by atoms with van der Waals surface area (Å²) in [6.07, 6.45) is 3.78. The van der Waals surface area contributed by atoms with Crippen molar-refractivity contribution < 1.29 is 13.2 Å². The molecule has 1 fully saturated rings. The monoisotopic (exact) mass is 341 g/mol. The van der Waals surface area contributed by atoms with Crippen molar-refractivity contribution in [3.63, 3.8) is 0 Å². The summed E-state index contributed by atoms with van der Waals surface area (Å²) in [6.45, 7) is 9.51. The standard InChI is InChI=1S/C16H27N3O3S/c1-14(2)22-8-9-23(20,21)19-6-4-18(5-7-19)13-16-10-15(3)11-17-12-16/h10-12,14H,4-9,13H2,1-3H3. The highest BCUT2D eigenvalue weighted by Crippen LogP contribution is 2.12. The van der Waals surface area contributed by atoms with Crippen LogP contribution in [0.25, 0.3) is 0 Å². The minimum absolute atomic E-state index is 0.0602. The molecule has 23 heavy (non-hydrogen) atoms. The number of ether oxygens (including phenoxy) is 1. The molecular formula is C16H27N3O3S. The van der Waals surface area contributed by atoms with Gasteiger partial charge in [-0.2, -0.15) is 4.31 Å². The van der Waals surface area contributed by atoms with E-state index in [1.54, 1.807) is 4.31 Å². The number of hydrogen-bond donors (Lipinski definition) is 0. The number of rotatable bonds is 7. The molecule has 1 aromatic heterocycles. The van der Waals surface area contributed by atoms with Crippen molar-refractivity contribution in [3.05, 3.63) is 29.6 Å². The van der Waals surface area contributed by atoms with Crippen LogP contribution in [0.15, 0.2) is 18.5 Å². The number of pyridine rings is 1. The molecule has 0 amide bonds. The van der Waals surface area contributed by atoms with Gasteiger partial charge in [0.25, 0.3) is 0 Å². The van der Waals surface area contributed by atoms with Crippen molar-refractivity contribution in [2.24, 2.45) is 0 Å². The highest BCUT2D eigenvalue weighted by molar-refractivity contribution is 7.89. The smallest absolute Gasteiger partial charge is 0.216 e. The second-order valence-corrected chi connectivity index (χ2v) is 8.37. The molecule has 1 saturated heterocycles. The number of piperazine rings is 1. The van der Waals surface area contributed by atoms with Gasteiger partial charge in [0.1, 0.15) is 0 Å². The minimum atomic E-state index is -3.21. The second kappa shape index (κ2) is 8.19. The third-order valence-electron chi connectivity index (χ3n) is 3.85. The van der Waals surface area contributed by atoms with Gasteiger partial charge in [-0.05, 0) is 31.9 Å². The molecule has 0 aromatic carbocycles. The summed E-state index contributed by atoms with van der Waals surface area (Å²) in [5.74, 6) is 0.0625. The number of nitrogens with zero attached hydrogens (tertiary/aromatic N) is 3. The summed E-state index contributed by atoms with van der Waals surface area (Å²) in [4.78, 5) is 6.48. The van der Waals surface area contributed by atoms with Crippen LogP contribution in [-0.2, 0) is 21.3 Å². The molecule has 0 N–H and O–H groups in total. The van der Waals surface area contributed by atoms with Gasteiger partial charge in [-0.15, -0.1) is 0 Å². The maximum atomic E-state index is 12.3. The SMILES string of the molecule is Cc1cncc(CN2CCN(S(=O)(=O)CCOC(C)C)CC2)c1. The molecule has 0 spiro atoms. The van der Waals surface area contributed by atoms with Crippen molar-refractivity contribution in [2.75, 3.05) is 38.5 Å². The van der Waals surface area contributed by atoms with Crippen molar-refractivity contribution >= 4 is 10.0 Å². The van der Waals surface area contributed by atoms with Crippen LogP contribution in [0, 0.1) is 6.92 Å². The van der Waals surface area contributed by atoms with E-state index >= 15 is 0 Å². The number of aryl methyl sites for hydroxylation is 1. The first-order chi connectivity index (χ1) is 10.9. The van der Waals surface area contributed by atoms with Crippen LogP contribution < -0.4 is 0 Å². The van der Waals surface area contributed by atoms with E-state index in [-0.39, 0.29) is 18.5 Å². The summed E-state index contributed by atoms with van der Waals surface area (Å²) in [6, 6.07) is 2.12. The molecule has 130 valence electrons. The molecule has 0 radical (unpaired) electrons. The highest BCUT2D eigenvalue weighted by Gasteiger charge is 2.26. The van der Waals surface area contributed by atoms with Gasteiger partial charge in [0.15, 0.2) is 0 Å². The average molecular weight is 341 g/mol. The molecule has 6 nitrogen and oxygen atoms in total. The molecule has 0 aliphatic carbocycles. The largest absolute Gasteiger partial charge is 0.378 e. The minimum Gasteiger partial charge on any atom is -0.378 e. The van der Waals surface area contributed by atoms with Crippen molar-refractivity contribution in [1.82, 2.24) is 14.2 Å². The third kappa shape index (κ3) is 5.84. The summed E-state index contributed by atoms with van der Waals surface area (Å²) < 4.78 is 31.5. The fourth-order valence-corrected chi connectivity index (χ4v) is 3.93. The van der Waals surface area contributed by atoms with Gasteiger partial charge in [-0.25, -0.2) is 8.42 Å². The lowest BCUT2D eigenvalue weighted by Crippen LogP contribution is -2.49. The van der Waals surface area contributed by atoms with Crippen LogP contribution in [0.1, 0.15) is 25.0 Å². The Bertz CT molecular complexity index is 596. The molecule has 0 unspecified atom stereocenters. The Kier molecular flexibility index (Phi) is 6.52. The van der Waals surface area contributed by atoms with E-state index in [4.69, 9.17) is 4.74 Å². The van der Waals surface area contributed by atoms with E-state index in [2.05, 4.69) is 16.0 Å². The maximum absolute atomic E-state index is 12.3. The van der Waals surface area contributed by atoms with E-state index in [0.717, 1.165) is 25.2 Å². The Labute approximate surface area is 139 Å². The lowest BCUT2D eigenvalue weighted by Gasteiger charge is -2.34. The molecule has 0 saturated carbocycles. The Hall–Kier alpha value is -1.02. The third-order valence-corrected chi connectivity index (χ3v) is 5.69. The van der Waals surface area contributed by atoms with Gasteiger partial charge < -0.3 is 4.74 Å². The molecular weight excluding hydrogens is 314 g/mol. The van der Waals surface area contributed by atoms with Crippen molar-refractivity contribution in [3.8, 4) is 0 Å². The molecule has 1 aliphatic heterocycles. The highest BCUT2D eigenvalue weighted by atomic mass is 32.2. The molecule has 1 aromatic rings. The number of sulfonamides is 1. The second-order valence-electron chi connectivity index (χ2n) is 6.28. The summed E-state index contributed by atoms with van der Waals surface area (Å²) in [7, 11) is -3.21. The Morgan fingerprint density at radius 3 is 2.52 bits per heavy atom. The van der Waals surface area contributed by atoms with Crippen molar-refractivity contribution in [2.45, 2.75) is 33.4 Å². The topological polar surface area (TPSA) is 62.7 Å². The van der Waals surface area contributed by atoms with E-state index in [1.165, 1.54) is 5.56 Å².